The Morgan fingerprint density at radius 1 is 1.33 bits per heavy atom. The molecule has 3 aromatic rings. The van der Waals surface area contributed by atoms with Gasteiger partial charge in [0.2, 0.25) is 0 Å². The highest BCUT2D eigenvalue weighted by atomic mass is 32.1. The highest BCUT2D eigenvalue weighted by Crippen LogP contribution is 2.30. The van der Waals surface area contributed by atoms with Crippen molar-refractivity contribution in [3.05, 3.63) is 28.9 Å². The number of nitrogens with zero attached hydrogens (tertiary/aromatic N) is 2. The van der Waals surface area contributed by atoms with Crippen LogP contribution in [0.4, 0.5) is 0 Å². The van der Waals surface area contributed by atoms with Gasteiger partial charge in [0.25, 0.3) is 0 Å². The van der Waals surface area contributed by atoms with Gasteiger partial charge in [0.1, 0.15) is 0 Å². The molecule has 92 valence electrons. The predicted molar refractivity (Wildman–Crippen MR) is 75.0 cm³/mol. The van der Waals surface area contributed by atoms with Crippen LogP contribution in [0.5, 0.6) is 0 Å². The van der Waals surface area contributed by atoms with Gasteiger partial charge in [-0.1, -0.05) is 0 Å². The summed E-state index contributed by atoms with van der Waals surface area (Å²) in [5.74, 6) is 1.04. The van der Waals surface area contributed by atoms with Crippen LogP contribution in [0.25, 0.3) is 21.7 Å². The van der Waals surface area contributed by atoms with Gasteiger partial charge in [-0.3, -0.25) is 0 Å². The van der Waals surface area contributed by atoms with Crippen molar-refractivity contribution in [3.63, 3.8) is 0 Å². The molecule has 0 saturated heterocycles. The topological polar surface area (TPSA) is 33.6 Å². The van der Waals surface area contributed by atoms with Gasteiger partial charge >= 0.3 is 0 Å². The maximum atomic E-state index is 4.78. The minimum Gasteiger partial charge on any atom is -0.340 e. The molecule has 3 aromatic heterocycles. The zero-order valence-corrected chi connectivity index (χ0v) is 11.2. The molecule has 0 unspecified atom stereocenters. The first kappa shape index (κ1) is 10.4. The molecule has 3 heterocycles. The SMILES string of the molecule is Cn1c(-c2nc3c([nH]2)CCCC3)cc2sccc21. The Balaban J connectivity index is 1.88. The monoisotopic (exact) mass is 257 g/mol. The normalized spacial score (nSPS) is 15.2. The van der Waals surface area contributed by atoms with E-state index in [1.165, 1.54) is 40.1 Å². The van der Waals surface area contributed by atoms with E-state index in [4.69, 9.17) is 4.98 Å². The summed E-state index contributed by atoms with van der Waals surface area (Å²) in [5, 5.41) is 2.14. The van der Waals surface area contributed by atoms with E-state index in [1.807, 2.05) is 0 Å². The van der Waals surface area contributed by atoms with Crippen molar-refractivity contribution in [1.29, 1.82) is 0 Å². The van der Waals surface area contributed by atoms with Crippen LogP contribution >= 0.6 is 11.3 Å². The fourth-order valence-corrected chi connectivity index (χ4v) is 3.70. The second-order valence-corrected chi connectivity index (χ2v) is 5.92. The molecule has 0 spiro atoms. The maximum absolute atomic E-state index is 4.78. The van der Waals surface area contributed by atoms with Gasteiger partial charge < -0.3 is 9.55 Å². The van der Waals surface area contributed by atoms with Gasteiger partial charge in [-0.15, -0.1) is 11.3 Å². The molecule has 0 amide bonds. The fourth-order valence-electron chi connectivity index (χ4n) is 2.85. The van der Waals surface area contributed by atoms with Crippen molar-refractivity contribution in [2.24, 2.45) is 7.05 Å². The molecule has 0 atom stereocenters. The van der Waals surface area contributed by atoms with Crippen molar-refractivity contribution < 1.29 is 0 Å². The lowest BCUT2D eigenvalue weighted by Crippen LogP contribution is -2.00. The second kappa shape index (κ2) is 3.72. The lowest BCUT2D eigenvalue weighted by atomic mass is 10.0. The second-order valence-electron chi connectivity index (χ2n) is 4.98. The Kier molecular flexibility index (Phi) is 2.14. The Hall–Kier alpha value is -1.55. The zero-order valence-electron chi connectivity index (χ0n) is 10.4. The van der Waals surface area contributed by atoms with Crippen molar-refractivity contribution in [1.82, 2.24) is 14.5 Å². The number of aryl methyl sites for hydroxylation is 3. The number of aromatic amines is 1. The van der Waals surface area contributed by atoms with Gasteiger partial charge in [0.15, 0.2) is 5.82 Å². The number of rotatable bonds is 1. The number of nitrogens with one attached hydrogen (secondary N) is 1. The first-order chi connectivity index (χ1) is 8.83. The Morgan fingerprint density at radius 2 is 2.22 bits per heavy atom. The summed E-state index contributed by atoms with van der Waals surface area (Å²) in [6, 6.07) is 4.41. The average molecular weight is 257 g/mol. The quantitative estimate of drug-likeness (QED) is 0.711. The molecule has 1 aliphatic rings. The lowest BCUT2D eigenvalue weighted by molar-refractivity contribution is 0.667. The van der Waals surface area contributed by atoms with Crippen LogP contribution in [-0.4, -0.2) is 14.5 Å². The molecule has 4 heteroatoms. The number of hydrogen-bond acceptors (Lipinski definition) is 2. The molecule has 0 saturated carbocycles. The number of fused-ring (bicyclic) bond motifs is 2. The van der Waals surface area contributed by atoms with E-state index < -0.39 is 0 Å². The molecular formula is C14H15N3S. The molecule has 1 N–H and O–H groups in total. The van der Waals surface area contributed by atoms with Gasteiger partial charge in [-0.25, -0.2) is 4.98 Å². The number of thiophene rings is 1. The molecule has 0 fully saturated rings. The summed E-state index contributed by atoms with van der Waals surface area (Å²) in [7, 11) is 2.12. The van der Waals surface area contributed by atoms with E-state index in [2.05, 4.69) is 34.1 Å². The molecule has 0 radical (unpaired) electrons. The van der Waals surface area contributed by atoms with E-state index in [1.54, 1.807) is 11.3 Å². The summed E-state index contributed by atoms with van der Waals surface area (Å²) in [6.07, 6.45) is 4.85. The Morgan fingerprint density at radius 3 is 3.06 bits per heavy atom. The summed E-state index contributed by atoms with van der Waals surface area (Å²) >= 11 is 1.79. The first-order valence-electron chi connectivity index (χ1n) is 6.44. The molecule has 0 bridgehead atoms. The summed E-state index contributed by atoms with van der Waals surface area (Å²) in [4.78, 5) is 8.30. The van der Waals surface area contributed by atoms with E-state index in [9.17, 15) is 0 Å². The maximum Gasteiger partial charge on any atom is 0.154 e. The number of hydrogen-bond donors (Lipinski definition) is 1. The average Bonchev–Trinajstić information content (AvgIpc) is 3.04. The lowest BCUT2D eigenvalue weighted by Gasteiger charge is -2.07. The van der Waals surface area contributed by atoms with Crippen LogP contribution in [0.1, 0.15) is 24.2 Å². The molecule has 0 aliphatic heterocycles. The standard InChI is InChI=1S/C14H15N3S/c1-17-11-6-7-18-13(11)8-12(17)14-15-9-4-2-3-5-10(9)16-14/h6-8H,2-5H2,1H3,(H,15,16). The Labute approximate surface area is 109 Å². The van der Waals surface area contributed by atoms with Crippen molar-refractivity contribution in [3.8, 4) is 11.5 Å². The fraction of sp³-hybridized carbons (Fsp3) is 0.357. The van der Waals surface area contributed by atoms with Crippen molar-refractivity contribution in [2.45, 2.75) is 25.7 Å². The Bertz CT molecular complexity index is 693. The summed E-state index contributed by atoms with van der Waals surface area (Å²) < 4.78 is 3.57. The zero-order chi connectivity index (χ0) is 12.1. The van der Waals surface area contributed by atoms with Gasteiger partial charge in [0.05, 0.1) is 21.6 Å². The highest BCUT2D eigenvalue weighted by Gasteiger charge is 2.17. The molecule has 18 heavy (non-hydrogen) atoms. The molecule has 4 rings (SSSR count). The number of aromatic nitrogens is 3. The molecule has 1 aliphatic carbocycles. The van der Waals surface area contributed by atoms with Crippen molar-refractivity contribution in [2.75, 3.05) is 0 Å². The molecule has 3 nitrogen and oxygen atoms in total. The highest BCUT2D eigenvalue weighted by molar-refractivity contribution is 7.17. The van der Waals surface area contributed by atoms with Crippen LogP contribution < -0.4 is 0 Å². The van der Waals surface area contributed by atoms with E-state index in [-0.39, 0.29) is 0 Å². The van der Waals surface area contributed by atoms with E-state index >= 15 is 0 Å². The van der Waals surface area contributed by atoms with E-state index in [0.29, 0.717) is 0 Å². The van der Waals surface area contributed by atoms with Crippen LogP contribution in [-0.2, 0) is 19.9 Å². The van der Waals surface area contributed by atoms with Crippen molar-refractivity contribution >= 4 is 21.6 Å². The molecule has 0 aromatic carbocycles. The summed E-state index contributed by atoms with van der Waals surface area (Å²) in [6.45, 7) is 0. The van der Waals surface area contributed by atoms with Crippen LogP contribution in [0, 0.1) is 0 Å². The van der Waals surface area contributed by atoms with Crippen LogP contribution in [0.15, 0.2) is 17.5 Å². The van der Waals surface area contributed by atoms with Crippen LogP contribution in [0.2, 0.25) is 0 Å². The predicted octanol–water partition coefficient (Wildman–Crippen LogP) is 3.51. The van der Waals surface area contributed by atoms with Crippen LogP contribution in [0.3, 0.4) is 0 Å². The number of H-pyrrole nitrogens is 1. The largest absolute Gasteiger partial charge is 0.340 e. The van der Waals surface area contributed by atoms with E-state index in [0.717, 1.165) is 18.7 Å². The molecular weight excluding hydrogens is 242 g/mol. The van der Waals surface area contributed by atoms with Gasteiger partial charge in [0, 0.05) is 12.7 Å². The minimum absolute atomic E-state index is 1.04. The third-order valence-corrected chi connectivity index (χ3v) is 4.71. The first-order valence-corrected chi connectivity index (χ1v) is 7.32. The van der Waals surface area contributed by atoms with Gasteiger partial charge in [-0.2, -0.15) is 0 Å². The third-order valence-electron chi connectivity index (χ3n) is 3.86. The number of imidazole rings is 1. The summed E-state index contributed by atoms with van der Waals surface area (Å²) in [5.41, 5.74) is 5.12. The van der Waals surface area contributed by atoms with Gasteiger partial charge in [-0.05, 0) is 43.2 Å². The third kappa shape index (κ3) is 1.38. The minimum atomic E-state index is 1.04. The smallest absolute Gasteiger partial charge is 0.154 e.